The van der Waals surface area contributed by atoms with Crippen LogP contribution in [0, 0.1) is 11.6 Å². The Balaban J connectivity index is 1.93. The van der Waals surface area contributed by atoms with Crippen LogP contribution < -0.4 is 0 Å². The molecule has 0 saturated carbocycles. The van der Waals surface area contributed by atoms with Crippen LogP contribution in [0.5, 0.6) is 0 Å². The van der Waals surface area contributed by atoms with Crippen molar-refractivity contribution in [3.63, 3.8) is 0 Å². The average molecular weight is 415 g/mol. The van der Waals surface area contributed by atoms with Crippen LogP contribution in [0.3, 0.4) is 0 Å². The first kappa shape index (κ1) is 21.6. The van der Waals surface area contributed by atoms with Gasteiger partial charge in [-0.2, -0.15) is 5.10 Å². The molecule has 0 bridgehead atoms. The van der Waals surface area contributed by atoms with E-state index in [9.17, 15) is 18.4 Å². The fraction of sp³-hybridized carbons (Fsp3) is 0.318. The number of benzene rings is 2. The number of amides is 2. The lowest BCUT2D eigenvalue weighted by atomic mass is 9.97. The summed E-state index contributed by atoms with van der Waals surface area (Å²) in [5.74, 6) is -1.72. The molecule has 158 valence electrons. The quantitative estimate of drug-likeness (QED) is 0.698. The minimum absolute atomic E-state index is 0.158. The van der Waals surface area contributed by atoms with Gasteiger partial charge in [-0.15, -0.1) is 0 Å². The number of carbonyl (C=O) groups excluding carboxylic acids is 2. The van der Waals surface area contributed by atoms with E-state index in [1.807, 2.05) is 0 Å². The number of carbonyl (C=O) groups is 2. The van der Waals surface area contributed by atoms with Crippen LogP contribution in [0.25, 0.3) is 0 Å². The summed E-state index contributed by atoms with van der Waals surface area (Å²) in [7, 11) is 1.50. The van der Waals surface area contributed by atoms with Gasteiger partial charge >= 0.3 is 0 Å². The molecule has 2 aromatic rings. The van der Waals surface area contributed by atoms with Crippen LogP contribution in [-0.2, 0) is 14.3 Å². The van der Waals surface area contributed by atoms with Gasteiger partial charge in [0.2, 0.25) is 5.91 Å². The van der Waals surface area contributed by atoms with Crippen LogP contribution >= 0.6 is 0 Å². The van der Waals surface area contributed by atoms with Crippen molar-refractivity contribution in [2.45, 2.75) is 19.4 Å². The van der Waals surface area contributed by atoms with Crippen molar-refractivity contribution >= 4 is 17.5 Å². The Morgan fingerprint density at radius 3 is 2.43 bits per heavy atom. The number of nitrogens with zero attached hydrogens (tertiary/aromatic N) is 3. The summed E-state index contributed by atoms with van der Waals surface area (Å²) in [5, 5.41) is 5.49. The number of hydrazone groups is 1. The van der Waals surface area contributed by atoms with Gasteiger partial charge in [-0.3, -0.25) is 9.59 Å². The van der Waals surface area contributed by atoms with Crippen molar-refractivity contribution in [3.05, 3.63) is 71.3 Å². The van der Waals surface area contributed by atoms with E-state index in [4.69, 9.17) is 4.74 Å². The Bertz CT molecular complexity index is 964. The smallest absolute Gasteiger partial charge is 0.262 e. The second-order valence-corrected chi connectivity index (χ2v) is 6.94. The number of ether oxygens (including phenoxy) is 1. The molecule has 1 unspecified atom stereocenters. The lowest BCUT2D eigenvalue weighted by Gasteiger charge is -2.26. The molecular formula is C22H23F2N3O3. The maximum absolute atomic E-state index is 14.5. The topological polar surface area (TPSA) is 62.2 Å². The molecule has 30 heavy (non-hydrogen) atoms. The molecule has 1 aliphatic heterocycles. The van der Waals surface area contributed by atoms with E-state index in [1.165, 1.54) is 31.1 Å². The highest BCUT2D eigenvalue weighted by molar-refractivity contribution is 6.03. The van der Waals surface area contributed by atoms with E-state index in [1.54, 1.807) is 36.4 Å². The highest BCUT2D eigenvalue weighted by atomic mass is 19.1. The Morgan fingerprint density at radius 2 is 1.80 bits per heavy atom. The van der Waals surface area contributed by atoms with Gasteiger partial charge in [0.25, 0.3) is 5.91 Å². The van der Waals surface area contributed by atoms with Gasteiger partial charge in [0.15, 0.2) is 0 Å². The van der Waals surface area contributed by atoms with E-state index in [-0.39, 0.29) is 43.2 Å². The molecule has 0 saturated heterocycles. The molecule has 0 aromatic heterocycles. The zero-order chi connectivity index (χ0) is 21.7. The summed E-state index contributed by atoms with van der Waals surface area (Å²) in [6.07, 6.45) is 0.158. The standard InChI is InChI=1S/C22H23F2N3O3/c1-15(28)26(11-12-30-2)14-22(29)27-21(17-8-4-6-10-19(17)24)13-20(25-27)16-7-3-5-9-18(16)23/h3-10,21H,11-14H2,1-2H3. The Kier molecular flexibility index (Phi) is 6.89. The summed E-state index contributed by atoms with van der Waals surface area (Å²) >= 11 is 0. The normalized spacial score (nSPS) is 15.8. The summed E-state index contributed by atoms with van der Waals surface area (Å²) in [4.78, 5) is 26.3. The average Bonchev–Trinajstić information content (AvgIpc) is 3.16. The maximum Gasteiger partial charge on any atom is 0.262 e. The number of hydrogen-bond donors (Lipinski definition) is 0. The molecule has 1 atom stereocenters. The SMILES string of the molecule is COCCN(CC(=O)N1N=C(c2ccccc2F)CC1c1ccccc1F)C(C)=O. The first-order valence-corrected chi connectivity index (χ1v) is 9.55. The third-order valence-corrected chi connectivity index (χ3v) is 4.95. The molecule has 0 N–H and O–H groups in total. The molecule has 6 nitrogen and oxygen atoms in total. The molecule has 0 fully saturated rings. The van der Waals surface area contributed by atoms with E-state index in [0.29, 0.717) is 5.71 Å². The van der Waals surface area contributed by atoms with Crippen LogP contribution in [-0.4, -0.2) is 54.2 Å². The monoisotopic (exact) mass is 415 g/mol. The van der Waals surface area contributed by atoms with Crippen molar-refractivity contribution < 1.29 is 23.1 Å². The van der Waals surface area contributed by atoms with Crippen molar-refractivity contribution in [1.29, 1.82) is 0 Å². The predicted molar refractivity (Wildman–Crippen MR) is 108 cm³/mol. The van der Waals surface area contributed by atoms with Crippen molar-refractivity contribution in [2.75, 3.05) is 26.8 Å². The van der Waals surface area contributed by atoms with Crippen molar-refractivity contribution in [1.82, 2.24) is 9.91 Å². The fourth-order valence-electron chi connectivity index (χ4n) is 3.37. The van der Waals surface area contributed by atoms with Crippen LogP contribution in [0.15, 0.2) is 53.6 Å². The van der Waals surface area contributed by atoms with Gasteiger partial charge in [0, 0.05) is 38.1 Å². The lowest BCUT2D eigenvalue weighted by molar-refractivity contribution is -0.141. The lowest BCUT2D eigenvalue weighted by Crippen LogP contribution is -2.41. The second kappa shape index (κ2) is 9.58. The van der Waals surface area contributed by atoms with Gasteiger partial charge in [0.05, 0.1) is 18.4 Å². The van der Waals surface area contributed by atoms with Crippen molar-refractivity contribution in [2.24, 2.45) is 5.10 Å². The molecule has 0 spiro atoms. The third-order valence-electron chi connectivity index (χ3n) is 4.95. The van der Waals surface area contributed by atoms with Crippen molar-refractivity contribution in [3.8, 4) is 0 Å². The Hall–Kier alpha value is -3.13. The summed E-state index contributed by atoms with van der Waals surface area (Å²) in [6.45, 7) is 1.63. The van der Waals surface area contributed by atoms with E-state index in [0.717, 1.165) is 5.01 Å². The van der Waals surface area contributed by atoms with Crippen LogP contribution in [0.2, 0.25) is 0 Å². The van der Waals surface area contributed by atoms with Gasteiger partial charge < -0.3 is 9.64 Å². The van der Waals surface area contributed by atoms with Crippen LogP contribution in [0.1, 0.15) is 30.5 Å². The number of halogens is 2. The molecule has 1 heterocycles. The molecular weight excluding hydrogens is 392 g/mol. The fourth-order valence-corrected chi connectivity index (χ4v) is 3.37. The van der Waals surface area contributed by atoms with Crippen LogP contribution in [0.4, 0.5) is 8.78 Å². The van der Waals surface area contributed by atoms with Gasteiger partial charge in [0.1, 0.15) is 18.2 Å². The van der Waals surface area contributed by atoms with E-state index in [2.05, 4.69) is 5.10 Å². The van der Waals surface area contributed by atoms with Gasteiger partial charge in [-0.05, 0) is 12.1 Å². The third kappa shape index (κ3) is 4.71. The molecule has 0 aliphatic carbocycles. The summed E-state index contributed by atoms with van der Waals surface area (Å²) in [6, 6.07) is 11.5. The summed E-state index contributed by atoms with van der Waals surface area (Å²) < 4.78 is 33.8. The van der Waals surface area contributed by atoms with E-state index >= 15 is 0 Å². The highest BCUT2D eigenvalue weighted by Crippen LogP contribution is 2.34. The second-order valence-electron chi connectivity index (χ2n) is 6.94. The largest absolute Gasteiger partial charge is 0.383 e. The molecule has 1 aliphatic rings. The number of rotatable bonds is 7. The predicted octanol–water partition coefficient (Wildman–Crippen LogP) is 3.14. The zero-order valence-corrected chi connectivity index (χ0v) is 16.8. The zero-order valence-electron chi connectivity index (χ0n) is 16.8. The molecule has 3 rings (SSSR count). The number of hydrogen-bond acceptors (Lipinski definition) is 4. The summed E-state index contributed by atoms with van der Waals surface area (Å²) in [5.41, 5.74) is 0.894. The van der Waals surface area contributed by atoms with E-state index < -0.39 is 23.6 Å². The Labute approximate surface area is 173 Å². The Morgan fingerprint density at radius 1 is 1.13 bits per heavy atom. The maximum atomic E-state index is 14.5. The molecule has 2 aromatic carbocycles. The highest BCUT2D eigenvalue weighted by Gasteiger charge is 2.36. The molecule has 0 radical (unpaired) electrons. The molecule has 8 heteroatoms. The first-order valence-electron chi connectivity index (χ1n) is 9.55. The minimum Gasteiger partial charge on any atom is -0.383 e. The molecule has 2 amide bonds. The first-order chi connectivity index (χ1) is 14.4. The number of methoxy groups -OCH3 is 1. The minimum atomic E-state index is -0.732. The van der Waals surface area contributed by atoms with Gasteiger partial charge in [-0.1, -0.05) is 36.4 Å². The van der Waals surface area contributed by atoms with Gasteiger partial charge in [-0.25, -0.2) is 13.8 Å².